The summed E-state index contributed by atoms with van der Waals surface area (Å²) in [7, 11) is 0. The number of nitrogens with zero attached hydrogens (tertiary/aromatic N) is 2. The minimum atomic E-state index is -1.07. The molecule has 8 heteroatoms. The van der Waals surface area contributed by atoms with E-state index in [4.69, 9.17) is 10.2 Å². The summed E-state index contributed by atoms with van der Waals surface area (Å²) in [5.41, 5.74) is 0.000350. The zero-order valence-electron chi connectivity index (χ0n) is 11.6. The van der Waals surface area contributed by atoms with Crippen molar-refractivity contribution in [3.63, 3.8) is 0 Å². The van der Waals surface area contributed by atoms with E-state index in [-0.39, 0.29) is 30.9 Å². The van der Waals surface area contributed by atoms with Crippen molar-refractivity contribution in [3.05, 3.63) is 16.1 Å². The van der Waals surface area contributed by atoms with Crippen LogP contribution in [0.2, 0.25) is 0 Å². The van der Waals surface area contributed by atoms with Gasteiger partial charge in [-0.3, -0.25) is 0 Å². The molecule has 0 radical (unpaired) electrons. The van der Waals surface area contributed by atoms with Crippen molar-refractivity contribution in [1.82, 2.24) is 15.2 Å². The Morgan fingerprint density at radius 3 is 2.95 bits per heavy atom. The Bertz CT molecular complexity index is 503. The summed E-state index contributed by atoms with van der Waals surface area (Å²) in [5.74, 6) is -1.07. The number of aromatic nitrogens is 1. The molecule has 0 aliphatic carbocycles. The zero-order valence-corrected chi connectivity index (χ0v) is 12.4. The molecule has 1 saturated heterocycles. The SMILES string of the molecule is O=C(O)c1csc(CNC(=O)N2CCCCC2CCO)n1. The Morgan fingerprint density at radius 2 is 2.29 bits per heavy atom. The normalized spacial score (nSPS) is 18.5. The molecule has 116 valence electrons. The fraction of sp³-hybridized carbons (Fsp3) is 0.615. The number of carbonyl (C=O) groups is 2. The average Bonchev–Trinajstić information content (AvgIpc) is 2.95. The Labute approximate surface area is 126 Å². The largest absolute Gasteiger partial charge is 0.476 e. The van der Waals surface area contributed by atoms with E-state index in [0.717, 1.165) is 19.3 Å². The molecule has 0 saturated carbocycles. The Hall–Kier alpha value is -1.67. The van der Waals surface area contributed by atoms with Crippen molar-refractivity contribution in [1.29, 1.82) is 0 Å². The minimum Gasteiger partial charge on any atom is -0.476 e. The fourth-order valence-electron chi connectivity index (χ4n) is 2.46. The van der Waals surface area contributed by atoms with Gasteiger partial charge in [-0.2, -0.15) is 0 Å². The molecule has 1 aliphatic heterocycles. The summed E-state index contributed by atoms with van der Waals surface area (Å²) in [6, 6.07) is -0.102. The van der Waals surface area contributed by atoms with Gasteiger partial charge in [0, 0.05) is 24.6 Å². The number of aliphatic hydroxyl groups is 1. The molecule has 1 fully saturated rings. The Morgan fingerprint density at radius 1 is 1.48 bits per heavy atom. The highest BCUT2D eigenvalue weighted by Crippen LogP contribution is 2.19. The van der Waals surface area contributed by atoms with Crippen LogP contribution in [0.25, 0.3) is 0 Å². The average molecular weight is 313 g/mol. The number of rotatable bonds is 5. The molecule has 2 rings (SSSR count). The van der Waals surface area contributed by atoms with Crippen LogP contribution in [-0.4, -0.2) is 51.3 Å². The van der Waals surface area contributed by atoms with Crippen LogP contribution in [0.3, 0.4) is 0 Å². The molecule has 0 spiro atoms. The van der Waals surface area contributed by atoms with E-state index in [2.05, 4.69) is 10.3 Å². The number of urea groups is 1. The quantitative estimate of drug-likeness (QED) is 0.760. The minimum absolute atomic E-state index is 0.000350. The van der Waals surface area contributed by atoms with Gasteiger partial charge in [0.2, 0.25) is 0 Å². The predicted octanol–water partition coefficient (Wildman–Crippen LogP) is 1.29. The molecule has 2 heterocycles. The first kappa shape index (κ1) is 15.7. The summed E-state index contributed by atoms with van der Waals surface area (Å²) >= 11 is 1.21. The summed E-state index contributed by atoms with van der Waals surface area (Å²) < 4.78 is 0. The number of amides is 2. The number of likely N-dealkylation sites (tertiary alicyclic amines) is 1. The molecule has 3 N–H and O–H groups in total. The third kappa shape index (κ3) is 4.15. The second kappa shape index (κ2) is 7.37. The second-order valence-electron chi connectivity index (χ2n) is 4.95. The highest BCUT2D eigenvalue weighted by molar-refractivity contribution is 7.09. The predicted molar refractivity (Wildman–Crippen MR) is 77.4 cm³/mol. The highest BCUT2D eigenvalue weighted by Gasteiger charge is 2.26. The van der Waals surface area contributed by atoms with Crippen molar-refractivity contribution >= 4 is 23.3 Å². The van der Waals surface area contributed by atoms with Crippen LogP contribution in [0, 0.1) is 0 Å². The lowest BCUT2D eigenvalue weighted by molar-refractivity contribution is 0.0691. The topological polar surface area (TPSA) is 103 Å². The van der Waals surface area contributed by atoms with E-state index in [0.29, 0.717) is 18.0 Å². The number of carboxylic acids is 1. The lowest BCUT2D eigenvalue weighted by Gasteiger charge is -2.35. The molecular weight excluding hydrogens is 294 g/mol. The van der Waals surface area contributed by atoms with Crippen LogP contribution < -0.4 is 5.32 Å². The number of nitrogens with one attached hydrogen (secondary N) is 1. The van der Waals surface area contributed by atoms with E-state index in [1.165, 1.54) is 16.7 Å². The number of aliphatic hydroxyl groups excluding tert-OH is 1. The highest BCUT2D eigenvalue weighted by atomic mass is 32.1. The summed E-state index contributed by atoms with van der Waals surface area (Å²) in [6.45, 7) is 0.983. The molecule has 1 aromatic heterocycles. The van der Waals surface area contributed by atoms with Gasteiger partial charge >= 0.3 is 12.0 Å². The maximum absolute atomic E-state index is 12.2. The van der Waals surface area contributed by atoms with Crippen LogP contribution in [-0.2, 0) is 6.54 Å². The smallest absolute Gasteiger partial charge is 0.355 e. The van der Waals surface area contributed by atoms with Crippen molar-refractivity contribution < 1.29 is 19.8 Å². The number of hydrogen-bond donors (Lipinski definition) is 3. The van der Waals surface area contributed by atoms with Crippen molar-refractivity contribution in [2.75, 3.05) is 13.2 Å². The van der Waals surface area contributed by atoms with Gasteiger partial charge in [-0.25, -0.2) is 14.6 Å². The first-order valence-corrected chi connectivity index (χ1v) is 7.83. The van der Waals surface area contributed by atoms with Gasteiger partial charge in [0.05, 0.1) is 6.54 Å². The van der Waals surface area contributed by atoms with Crippen molar-refractivity contribution in [2.24, 2.45) is 0 Å². The molecule has 7 nitrogen and oxygen atoms in total. The van der Waals surface area contributed by atoms with E-state index in [1.807, 2.05) is 0 Å². The van der Waals surface area contributed by atoms with E-state index in [1.54, 1.807) is 4.90 Å². The van der Waals surface area contributed by atoms with E-state index in [9.17, 15) is 9.59 Å². The number of aromatic carboxylic acids is 1. The molecule has 2 amide bonds. The summed E-state index contributed by atoms with van der Waals surface area (Å²) in [6.07, 6.45) is 3.54. The molecular formula is C13H19N3O4S. The molecule has 21 heavy (non-hydrogen) atoms. The standard InChI is InChI=1S/C13H19N3O4S/c17-6-4-9-3-1-2-5-16(9)13(20)14-7-11-15-10(8-21-11)12(18)19/h8-9,17H,1-7H2,(H,14,20)(H,18,19). The van der Waals surface area contributed by atoms with Crippen LogP contribution in [0.5, 0.6) is 0 Å². The molecule has 1 atom stereocenters. The first-order valence-electron chi connectivity index (χ1n) is 6.95. The Balaban J connectivity index is 1.88. The lowest BCUT2D eigenvalue weighted by Crippen LogP contribution is -2.48. The second-order valence-corrected chi connectivity index (χ2v) is 5.89. The molecule has 1 unspecified atom stereocenters. The van der Waals surface area contributed by atoms with Crippen LogP contribution >= 0.6 is 11.3 Å². The van der Waals surface area contributed by atoms with E-state index < -0.39 is 5.97 Å². The van der Waals surface area contributed by atoms with E-state index >= 15 is 0 Å². The number of carboxylic acid groups (broad SMARTS) is 1. The molecule has 1 aromatic rings. The lowest BCUT2D eigenvalue weighted by atomic mass is 10.0. The van der Waals surface area contributed by atoms with Crippen LogP contribution in [0.1, 0.15) is 41.2 Å². The van der Waals surface area contributed by atoms with Crippen molar-refractivity contribution in [3.8, 4) is 0 Å². The third-order valence-electron chi connectivity index (χ3n) is 3.51. The van der Waals surface area contributed by atoms with Crippen molar-refractivity contribution in [2.45, 2.75) is 38.3 Å². The maximum atomic E-state index is 12.2. The molecule has 0 bridgehead atoms. The van der Waals surface area contributed by atoms with Gasteiger partial charge in [-0.15, -0.1) is 11.3 Å². The van der Waals surface area contributed by atoms with Gasteiger partial charge in [0.15, 0.2) is 5.69 Å². The number of carbonyl (C=O) groups excluding carboxylic acids is 1. The summed E-state index contributed by atoms with van der Waals surface area (Å²) in [5, 5.41) is 22.6. The van der Waals surface area contributed by atoms with Crippen LogP contribution in [0.15, 0.2) is 5.38 Å². The van der Waals surface area contributed by atoms with Gasteiger partial charge in [-0.1, -0.05) is 0 Å². The fourth-order valence-corrected chi connectivity index (χ4v) is 3.17. The number of piperidine rings is 1. The van der Waals surface area contributed by atoms with Gasteiger partial charge < -0.3 is 20.4 Å². The number of thiazole rings is 1. The third-order valence-corrected chi connectivity index (χ3v) is 4.36. The molecule has 0 aromatic carbocycles. The van der Waals surface area contributed by atoms with Gasteiger partial charge in [-0.05, 0) is 25.7 Å². The maximum Gasteiger partial charge on any atom is 0.355 e. The van der Waals surface area contributed by atoms with Gasteiger partial charge in [0.1, 0.15) is 5.01 Å². The van der Waals surface area contributed by atoms with Crippen LogP contribution in [0.4, 0.5) is 4.79 Å². The molecule has 1 aliphatic rings. The summed E-state index contributed by atoms with van der Waals surface area (Å²) in [4.78, 5) is 28.6. The zero-order chi connectivity index (χ0) is 15.2. The number of hydrogen-bond acceptors (Lipinski definition) is 5. The van der Waals surface area contributed by atoms with Gasteiger partial charge in [0.25, 0.3) is 0 Å². The monoisotopic (exact) mass is 313 g/mol. The Kier molecular flexibility index (Phi) is 5.51. The first-order chi connectivity index (χ1) is 10.1.